The molecular weight excluding hydrogens is 282 g/mol. The minimum Gasteiger partial charge on any atom is -0.504 e. The van der Waals surface area contributed by atoms with Gasteiger partial charge in [0.2, 0.25) is 0 Å². The van der Waals surface area contributed by atoms with E-state index in [1.165, 1.54) is 7.11 Å². The maximum atomic E-state index is 11.4. The van der Waals surface area contributed by atoms with Crippen LogP contribution in [-0.4, -0.2) is 39.0 Å². The molecular formula is C13H19NO5S. The third-order valence-corrected chi connectivity index (χ3v) is 4.14. The zero-order valence-corrected chi connectivity index (χ0v) is 12.5. The molecule has 0 aromatic heterocycles. The number of nitrogens with one attached hydrogen (secondary N) is 1. The highest BCUT2D eigenvalue weighted by Crippen LogP contribution is 2.40. The Morgan fingerprint density at radius 3 is 2.70 bits per heavy atom. The van der Waals surface area contributed by atoms with Gasteiger partial charge in [-0.2, -0.15) is 8.42 Å². The first-order valence-corrected chi connectivity index (χ1v) is 8.08. The van der Waals surface area contributed by atoms with Crippen LogP contribution in [-0.2, 0) is 14.3 Å². The molecule has 1 fully saturated rings. The summed E-state index contributed by atoms with van der Waals surface area (Å²) in [5.74, 6) is 0.387. The minimum absolute atomic E-state index is 0.0143. The van der Waals surface area contributed by atoms with Gasteiger partial charge in [-0.15, -0.1) is 0 Å². The maximum Gasteiger partial charge on any atom is 0.264 e. The Morgan fingerprint density at radius 2 is 2.15 bits per heavy atom. The molecule has 0 radical (unpaired) electrons. The summed E-state index contributed by atoms with van der Waals surface area (Å²) < 4.78 is 33.1. The van der Waals surface area contributed by atoms with E-state index < -0.39 is 15.7 Å². The standard InChI is InChI=1S/C13H19NO5S/c1-13(19-20(3,16)17)6-7-14-12(13)9-4-5-11(18-2)10(15)8-9/h4-5,8,12,14-15H,6-7H2,1-3H3. The van der Waals surface area contributed by atoms with Crippen molar-refractivity contribution in [1.82, 2.24) is 5.32 Å². The fourth-order valence-electron chi connectivity index (χ4n) is 2.62. The Morgan fingerprint density at radius 1 is 1.45 bits per heavy atom. The van der Waals surface area contributed by atoms with E-state index in [0.717, 1.165) is 11.8 Å². The predicted octanol–water partition coefficient (Wildman–Crippen LogP) is 1.17. The zero-order valence-electron chi connectivity index (χ0n) is 11.7. The lowest BCUT2D eigenvalue weighted by molar-refractivity contribution is 0.0837. The van der Waals surface area contributed by atoms with Crippen molar-refractivity contribution >= 4 is 10.1 Å². The monoisotopic (exact) mass is 301 g/mol. The Kier molecular flexibility index (Phi) is 3.95. The molecule has 1 aromatic carbocycles. The number of ether oxygens (including phenoxy) is 1. The molecule has 0 spiro atoms. The average molecular weight is 301 g/mol. The number of hydrogen-bond acceptors (Lipinski definition) is 6. The Balaban J connectivity index is 2.33. The van der Waals surface area contributed by atoms with Crippen molar-refractivity contribution in [2.24, 2.45) is 0 Å². The Bertz CT molecular complexity index is 601. The van der Waals surface area contributed by atoms with E-state index in [9.17, 15) is 13.5 Å². The van der Waals surface area contributed by atoms with Gasteiger partial charge in [-0.3, -0.25) is 4.18 Å². The smallest absolute Gasteiger partial charge is 0.264 e. The van der Waals surface area contributed by atoms with Gasteiger partial charge in [-0.1, -0.05) is 6.07 Å². The molecule has 0 aliphatic carbocycles. The van der Waals surface area contributed by atoms with Gasteiger partial charge in [0.05, 0.1) is 19.4 Å². The molecule has 0 amide bonds. The van der Waals surface area contributed by atoms with Crippen LogP contribution in [0.15, 0.2) is 18.2 Å². The van der Waals surface area contributed by atoms with Crippen LogP contribution in [0.25, 0.3) is 0 Å². The van der Waals surface area contributed by atoms with Gasteiger partial charge in [0.15, 0.2) is 11.5 Å². The number of phenols is 1. The van der Waals surface area contributed by atoms with E-state index in [4.69, 9.17) is 8.92 Å². The molecule has 20 heavy (non-hydrogen) atoms. The number of phenolic OH excluding ortho intramolecular Hbond substituents is 1. The molecule has 1 heterocycles. The number of aromatic hydroxyl groups is 1. The van der Waals surface area contributed by atoms with Crippen LogP contribution in [0.2, 0.25) is 0 Å². The van der Waals surface area contributed by atoms with Gasteiger partial charge < -0.3 is 15.2 Å². The molecule has 1 aliphatic heterocycles. The second kappa shape index (κ2) is 5.23. The first-order chi connectivity index (χ1) is 9.25. The van der Waals surface area contributed by atoms with Gasteiger partial charge in [0.1, 0.15) is 5.60 Å². The summed E-state index contributed by atoms with van der Waals surface area (Å²) in [6.45, 7) is 2.39. The molecule has 2 N–H and O–H groups in total. The molecule has 112 valence electrons. The maximum absolute atomic E-state index is 11.4. The average Bonchev–Trinajstić information content (AvgIpc) is 2.68. The van der Waals surface area contributed by atoms with Crippen LogP contribution >= 0.6 is 0 Å². The lowest BCUT2D eigenvalue weighted by Gasteiger charge is -2.30. The summed E-state index contributed by atoms with van der Waals surface area (Å²) in [5, 5.41) is 13.1. The van der Waals surface area contributed by atoms with Crippen molar-refractivity contribution in [1.29, 1.82) is 0 Å². The van der Waals surface area contributed by atoms with Crippen molar-refractivity contribution in [3.8, 4) is 11.5 Å². The number of benzene rings is 1. The van der Waals surface area contributed by atoms with Gasteiger partial charge in [0, 0.05) is 0 Å². The first kappa shape index (κ1) is 15.1. The summed E-state index contributed by atoms with van der Waals surface area (Å²) in [7, 11) is -2.09. The zero-order chi connectivity index (χ0) is 15.0. The number of methoxy groups -OCH3 is 1. The van der Waals surface area contributed by atoms with Gasteiger partial charge in [-0.25, -0.2) is 0 Å². The fourth-order valence-corrected chi connectivity index (χ4v) is 3.49. The van der Waals surface area contributed by atoms with Crippen molar-refractivity contribution in [2.45, 2.75) is 25.0 Å². The molecule has 7 heteroatoms. The topological polar surface area (TPSA) is 84.9 Å². The van der Waals surface area contributed by atoms with E-state index >= 15 is 0 Å². The molecule has 0 saturated carbocycles. The van der Waals surface area contributed by atoms with E-state index in [1.807, 2.05) is 0 Å². The summed E-state index contributed by atoms with van der Waals surface area (Å²) in [6, 6.07) is 4.68. The predicted molar refractivity (Wildman–Crippen MR) is 74.4 cm³/mol. The van der Waals surface area contributed by atoms with Crippen molar-refractivity contribution in [2.75, 3.05) is 19.9 Å². The fraction of sp³-hybridized carbons (Fsp3) is 0.538. The van der Waals surface area contributed by atoms with E-state index in [1.54, 1.807) is 25.1 Å². The van der Waals surface area contributed by atoms with Crippen LogP contribution in [0.1, 0.15) is 24.9 Å². The van der Waals surface area contributed by atoms with E-state index in [0.29, 0.717) is 18.7 Å². The summed E-state index contributed by atoms with van der Waals surface area (Å²) in [6.07, 6.45) is 1.61. The van der Waals surface area contributed by atoms with E-state index in [2.05, 4.69) is 5.32 Å². The van der Waals surface area contributed by atoms with Crippen molar-refractivity contribution in [3.05, 3.63) is 23.8 Å². The molecule has 0 bridgehead atoms. The molecule has 1 aliphatic rings. The SMILES string of the molecule is COc1ccc(C2NCCC2(C)OS(C)(=O)=O)cc1O. The van der Waals surface area contributed by atoms with Crippen molar-refractivity contribution < 1.29 is 22.4 Å². The summed E-state index contributed by atoms with van der Waals surface area (Å²) >= 11 is 0. The van der Waals surface area contributed by atoms with Crippen LogP contribution in [0.3, 0.4) is 0 Å². The van der Waals surface area contributed by atoms with Gasteiger partial charge in [0.25, 0.3) is 10.1 Å². The lowest BCUT2D eigenvalue weighted by atomic mass is 9.91. The van der Waals surface area contributed by atoms with Gasteiger partial charge >= 0.3 is 0 Å². The van der Waals surface area contributed by atoms with Crippen molar-refractivity contribution in [3.63, 3.8) is 0 Å². The highest BCUT2D eigenvalue weighted by Gasteiger charge is 2.43. The summed E-state index contributed by atoms with van der Waals surface area (Å²) in [5.41, 5.74) is -0.110. The van der Waals surface area contributed by atoms with E-state index in [-0.39, 0.29) is 11.8 Å². The summed E-state index contributed by atoms with van der Waals surface area (Å²) in [4.78, 5) is 0. The molecule has 1 saturated heterocycles. The molecule has 2 atom stereocenters. The minimum atomic E-state index is -3.56. The highest BCUT2D eigenvalue weighted by atomic mass is 32.2. The largest absolute Gasteiger partial charge is 0.504 e. The quantitative estimate of drug-likeness (QED) is 0.812. The highest BCUT2D eigenvalue weighted by molar-refractivity contribution is 7.86. The third kappa shape index (κ3) is 3.05. The van der Waals surface area contributed by atoms with Gasteiger partial charge in [-0.05, 0) is 37.6 Å². The van der Waals surface area contributed by atoms with Crippen LogP contribution in [0, 0.1) is 0 Å². The van der Waals surface area contributed by atoms with Crippen LogP contribution in [0.4, 0.5) is 0 Å². The lowest BCUT2D eigenvalue weighted by Crippen LogP contribution is -2.37. The second-order valence-electron chi connectivity index (χ2n) is 5.17. The molecule has 2 unspecified atom stereocenters. The third-order valence-electron chi connectivity index (χ3n) is 3.46. The Labute approximate surface area is 118 Å². The number of rotatable bonds is 4. The van der Waals surface area contributed by atoms with Crippen LogP contribution < -0.4 is 10.1 Å². The first-order valence-electron chi connectivity index (χ1n) is 6.26. The second-order valence-corrected chi connectivity index (χ2v) is 6.74. The Hall–Kier alpha value is -1.31. The van der Waals surface area contributed by atoms with Crippen LogP contribution in [0.5, 0.6) is 11.5 Å². The molecule has 2 rings (SSSR count). The molecule has 6 nitrogen and oxygen atoms in total. The molecule has 1 aromatic rings. The number of hydrogen-bond donors (Lipinski definition) is 2. The normalized spacial score (nSPS) is 26.6.